The summed E-state index contributed by atoms with van der Waals surface area (Å²) in [7, 11) is 1.49. The van der Waals surface area contributed by atoms with Gasteiger partial charge in [0.1, 0.15) is 6.04 Å². The Balaban J connectivity index is 0.000000997. The molecule has 0 N–H and O–H groups in total. The molecule has 1 fully saturated rings. The van der Waals surface area contributed by atoms with E-state index in [4.69, 9.17) is 23.9 Å². The molecule has 2 unspecified atom stereocenters. The number of hydrogen-bond donors (Lipinski definition) is 0. The highest BCUT2D eigenvalue weighted by molar-refractivity contribution is 5.82. The van der Waals surface area contributed by atoms with Gasteiger partial charge in [0.05, 0.1) is 12.6 Å². The van der Waals surface area contributed by atoms with Crippen LogP contribution in [-0.2, 0) is 35.1 Å². The summed E-state index contributed by atoms with van der Waals surface area (Å²) >= 11 is 0. The monoisotopic (exact) mass is 377 g/mol. The van der Waals surface area contributed by atoms with Crippen molar-refractivity contribution in [3.05, 3.63) is 35.9 Å². The Hall–Kier alpha value is -2.59. The number of carbonyl (C=O) groups is 1. The SMILES string of the molecule is COC(=O)C1N(CCc2ccccc2)C1(C(C)C)C(C)C.O=C=O.O=C=O. The first kappa shape index (κ1) is 24.4. The third-order valence-corrected chi connectivity index (χ3v) is 4.94. The minimum Gasteiger partial charge on any atom is -0.468 e. The lowest BCUT2D eigenvalue weighted by molar-refractivity contribution is -0.193. The van der Waals surface area contributed by atoms with E-state index in [1.54, 1.807) is 0 Å². The van der Waals surface area contributed by atoms with Crippen molar-refractivity contribution in [3.8, 4) is 0 Å². The maximum atomic E-state index is 12.2. The van der Waals surface area contributed by atoms with E-state index in [0.717, 1.165) is 13.0 Å². The van der Waals surface area contributed by atoms with E-state index >= 15 is 0 Å². The second kappa shape index (κ2) is 11.9. The Morgan fingerprint density at radius 3 is 1.85 bits per heavy atom. The molecule has 7 heteroatoms. The maximum Gasteiger partial charge on any atom is 0.373 e. The minimum absolute atomic E-state index is 0.0537. The van der Waals surface area contributed by atoms with Gasteiger partial charge in [-0.15, -0.1) is 0 Å². The Kier molecular flexibility index (Phi) is 10.8. The van der Waals surface area contributed by atoms with E-state index in [-0.39, 0.29) is 29.9 Å². The fourth-order valence-corrected chi connectivity index (χ4v) is 3.98. The Morgan fingerprint density at radius 1 is 1.04 bits per heavy atom. The fraction of sp³-hybridized carbons (Fsp3) is 0.550. The molecule has 0 aromatic heterocycles. The highest BCUT2D eigenvalue weighted by Crippen LogP contribution is 2.52. The number of hydrogen-bond acceptors (Lipinski definition) is 7. The highest BCUT2D eigenvalue weighted by atomic mass is 16.5. The van der Waals surface area contributed by atoms with E-state index in [1.807, 2.05) is 6.07 Å². The van der Waals surface area contributed by atoms with Crippen molar-refractivity contribution < 1.29 is 28.7 Å². The lowest BCUT2D eigenvalue weighted by atomic mass is 9.81. The lowest BCUT2D eigenvalue weighted by Gasteiger charge is -2.26. The summed E-state index contributed by atoms with van der Waals surface area (Å²) in [5.74, 6) is 0.764. The predicted molar refractivity (Wildman–Crippen MR) is 95.1 cm³/mol. The Bertz CT molecular complexity index is 624. The van der Waals surface area contributed by atoms with Gasteiger partial charge in [0, 0.05) is 6.54 Å². The van der Waals surface area contributed by atoms with Gasteiger partial charge in [-0.25, -0.2) is 0 Å². The summed E-state index contributed by atoms with van der Waals surface area (Å²) in [6.45, 7) is 9.73. The van der Waals surface area contributed by atoms with Crippen LogP contribution >= 0.6 is 0 Å². The van der Waals surface area contributed by atoms with Crippen LogP contribution in [0.1, 0.15) is 33.3 Å². The van der Waals surface area contributed by atoms with Crippen LogP contribution in [0.15, 0.2) is 30.3 Å². The minimum atomic E-state index is -0.0922. The van der Waals surface area contributed by atoms with Crippen LogP contribution in [-0.4, -0.2) is 48.4 Å². The van der Waals surface area contributed by atoms with Gasteiger partial charge in [-0.05, 0) is 23.8 Å². The van der Waals surface area contributed by atoms with Gasteiger partial charge in [-0.1, -0.05) is 58.0 Å². The van der Waals surface area contributed by atoms with Gasteiger partial charge in [-0.3, -0.25) is 9.69 Å². The van der Waals surface area contributed by atoms with Crippen LogP contribution in [0.4, 0.5) is 0 Å². The van der Waals surface area contributed by atoms with Crippen molar-refractivity contribution >= 4 is 18.3 Å². The summed E-state index contributed by atoms with van der Waals surface area (Å²) in [5.41, 5.74) is 1.26. The molecule has 1 heterocycles. The quantitative estimate of drug-likeness (QED) is 0.552. The van der Waals surface area contributed by atoms with E-state index < -0.39 is 0 Å². The number of esters is 1. The first-order valence-electron chi connectivity index (χ1n) is 8.66. The van der Waals surface area contributed by atoms with Gasteiger partial charge < -0.3 is 4.74 Å². The topological polar surface area (TPSA) is 97.6 Å². The molecule has 1 aliphatic rings. The van der Waals surface area contributed by atoms with E-state index in [1.165, 1.54) is 12.7 Å². The second-order valence-corrected chi connectivity index (χ2v) is 6.72. The van der Waals surface area contributed by atoms with E-state index in [2.05, 4.69) is 56.9 Å². The molecule has 0 aliphatic carbocycles. The molecule has 0 radical (unpaired) electrons. The van der Waals surface area contributed by atoms with Crippen molar-refractivity contribution in [1.29, 1.82) is 0 Å². The molecule has 148 valence electrons. The molecule has 0 bridgehead atoms. The zero-order valence-corrected chi connectivity index (χ0v) is 16.4. The molecule has 2 atom stereocenters. The normalized spacial score (nSPS) is 18.8. The molecule has 2 rings (SSSR count). The molecule has 0 saturated carbocycles. The van der Waals surface area contributed by atoms with Crippen molar-refractivity contribution in [2.45, 2.75) is 45.7 Å². The average Bonchev–Trinajstić information content (AvgIpc) is 3.32. The molecule has 27 heavy (non-hydrogen) atoms. The summed E-state index contributed by atoms with van der Waals surface area (Å²) in [6.07, 6.45) is 1.47. The first-order valence-corrected chi connectivity index (χ1v) is 8.66. The standard InChI is InChI=1S/C18H27NO2.2CO2/c1-13(2)18(14(3)4)16(17(20)21-5)19(18)12-11-15-9-7-6-8-10-15;2*2-1-3/h6-10,13-14,16H,11-12H2,1-5H3;;. The number of carbonyl (C=O) groups excluding carboxylic acids is 5. The van der Waals surface area contributed by atoms with Crippen LogP contribution < -0.4 is 0 Å². The van der Waals surface area contributed by atoms with Crippen molar-refractivity contribution in [2.24, 2.45) is 11.8 Å². The number of ether oxygens (including phenoxy) is 1. The summed E-state index contributed by atoms with van der Waals surface area (Å²) in [6, 6.07) is 10.4. The molecular weight excluding hydrogens is 350 g/mol. The predicted octanol–water partition coefficient (Wildman–Crippen LogP) is 1.97. The van der Waals surface area contributed by atoms with Crippen molar-refractivity contribution in [1.82, 2.24) is 4.90 Å². The number of methoxy groups -OCH3 is 1. The molecular formula is C20H27NO6. The summed E-state index contributed by atoms with van der Waals surface area (Å²) in [5, 5.41) is 0. The molecule has 7 nitrogen and oxygen atoms in total. The third-order valence-electron chi connectivity index (χ3n) is 4.94. The average molecular weight is 377 g/mol. The third kappa shape index (κ3) is 5.97. The van der Waals surface area contributed by atoms with Crippen LogP contribution in [0.5, 0.6) is 0 Å². The fourth-order valence-electron chi connectivity index (χ4n) is 3.98. The molecule has 1 aliphatic heterocycles. The second-order valence-electron chi connectivity index (χ2n) is 6.72. The van der Waals surface area contributed by atoms with Gasteiger partial charge in [0.15, 0.2) is 0 Å². The molecule has 0 amide bonds. The van der Waals surface area contributed by atoms with Gasteiger partial charge in [-0.2, -0.15) is 19.2 Å². The summed E-state index contributed by atoms with van der Waals surface area (Å²) in [4.78, 5) is 47.0. The maximum absolute atomic E-state index is 12.2. The molecule has 1 aromatic carbocycles. The van der Waals surface area contributed by atoms with E-state index in [9.17, 15) is 4.79 Å². The lowest BCUT2D eigenvalue weighted by Crippen LogP contribution is -2.34. The van der Waals surface area contributed by atoms with E-state index in [0.29, 0.717) is 11.8 Å². The number of nitrogens with zero attached hydrogens (tertiary/aromatic N) is 1. The van der Waals surface area contributed by atoms with Gasteiger partial charge >= 0.3 is 18.3 Å². The van der Waals surface area contributed by atoms with Crippen LogP contribution in [0, 0.1) is 11.8 Å². The first-order chi connectivity index (χ1) is 12.8. The Labute approximate surface area is 159 Å². The number of benzene rings is 1. The molecule has 0 spiro atoms. The van der Waals surface area contributed by atoms with Gasteiger partial charge in [0.2, 0.25) is 0 Å². The zero-order valence-electron chi connectivity index (χ0n) is 16.4. The van der Waals surface area contributed by atoms with Crippen molar-refractivity contribution in [3.63, 3.8) is 0 Å². The van der Waals surface area contributed by atoms with Crippen LogP contribution in [0.2, 0.25) is 0 Å². The van der Waals surface area contributed by atoms with Crippen LogP contribution in [0.25, 0.3) is 0 Å². The largest absolute Gasteiger partial charge is 0.468 e. The van der Waals surface area contributed by atoms with Crippen molar-refractivity contribution in [2.75, 3.05) is 13.7 Å². The summed E-state index contributed by atoms with van der Waals surface area (Å²) < 4.78 is 5.03. The Morgan fingerprint density at radius 2 is 1.48 bits per heavy atom. The highest BCUT2D eigenvalue weighted by Gasteiger charge is 2.69. The molecule has 1 aromatic rings. The van der Waals surface area contributed by atoms with Crippen LogP contribution in [0.3, 0.4) is 0 Å². The smallest absolute Gasteiger partial charge is 0.373 e. The van der Waals surface area contributed by atoms with Gasteiger partial charge in [0.25, 0.3) is 0 Å². The zero-order chi connectivity index (χ0) is 21.0. The molecule has 1 saturated heterocycles. The number of rotatable bonds is 6.